The van der Waals surface area contributed by atoms with Crippen LogP contribution in [0.5, 0.6) is 0 Å². The van der Waals surface area contributed by atoms with E-state index in [2.05, 4.69) is 11.9 Å². The third kappa shape index (κ3) is 9.21. The van der Waals surface area contributed by atoms with Crippen molar-refractivity contribution in [1.82, 2.24) is 5.32 Å². The van der Waals surface area contributed by atoms with Crippen LogP contribution in [-0.4, -0.2) is 13.0 Å². The van der Waals surface area contributed by atoms with Crippen molar-refractivity contribution in [3.63, 3.8) is 0 Å². The van der Waals surface area contributed by atoms with E-state index >= 15 is 0 Å². The van der Waals surface area contributed by atoms with Crippen molar-refractivity contribution in [2.45, 2.75) is 32.1 Å². The van der Waals surface area contributed by atoms with Crippen molar-refractivity contribution in [1.29, 1.82) is 0 Å². The molecule has 0 fully saturated rings. The molecule has 0 aliphatic rings. The molecule has 1 N–H and O–H groups in total. The number of hydrogen-bond acceptors (Lipinski definition) is 1. The van der Waals surface area contributed by atoms with Gasteiger partial charge in [0.05, 0.1) is 0 Å². The van der Waals surface area contributed by atoms with Crippen molar-refractivity contribution >= 4 is 6.41 Å². The highest BCUT2D eigenvalue weighted by molar-refractivity contribution is 5.45. The summed E-state index contributed by atoms with van der Waals surface area (Å²) in [5.74, 6) is 0. The fourth-order valence-corrected chi connectivity index (χ4v) is 0.928. The van der Waals surface area contributed by atoms with Gasteiger partial charge in [-0.3, -0.25) is 4.79 Å². The second kappa shape index (κ2) is 9.21. The summed E-state index contributed by atoms with van der Waals surface area (Å²) in [5.41, 5.74) is 0. The highest BCUT2D eigenvalue weighted by Gasteiger charge is 1.87. The molecule has 0 atom stereocenters. The normalized spacial score (nSPS) is 9.09. The molecule has 64 valence electrons. The topological polar surface area (TPSA) is 29.1 Å². The number of carbonyl (C=O) groups excluding carboxylic acids is 1. The Kier molecular flexibility index (Phi) is 8.55. The van der Waals surface area contributed by atoms with E-state index in [9.17, 15) is 4.79 Å². The predicted molar refractivity (Wildman–Crippen MR) is 47.3 cm³/mol. The number of nitrogens with one attached hydrogen (secondary N) is 1. The van der Waals surface area contributed by atoms with Crippen LogP contribution in [0.2, 0.25) is 0 Å². The number of rotatable bonds is 8. The van der Waals surface area contributed by atoms with E-state index < -0.39 is 0 Å². The summed E-state index contributed by atoms with van der Waals surface area (Å²) in [5, 5.41) is 2.64. The Hall–Kier alpha value is -0.790. The molecule has 0 bridgehead atoms. The molecule has 0 aliphatic carbocycles. The number of allylic oxidation sites excluding steroid dienone is 1. The Bertz CT molecular complexity index is 89.7. The predicted octanol–water partition coefficient (Wildman–Crippen LogP) is 1.87. The van der Waals surface area contributed by atoms with Crippen LogP contribution >= 0.6 is 0 Å². The first kappa shape index (κ1) is 10.2. The van der Waals surface area contributed by atoms with Crippen molar-refractivity contribution in [3.05, 3.63) is 12.7 Å². The lowest BCUT2D eigenvalue weighted by Crippen LogP contribution is -2.11. The van der Waals surface area contributed by atoms with Gasteiger partial charge in [-0.15, -0.1) is 6.58 Å². The summed E-state index contributed by atoms with van der Waals surface area (Å²) in [4.78, 5) is 9.82. The third-order valence-corrected chi connectivity index (χ3v) is 1.56. The molecular formula is C9H17NO. The van der Waals surface area contributed by atoms with E-state index in [0.717, 1.165) is 25.8 Å². The maximum Gasteiger partial charge on any atom is 0.207 e. The van der Waals surface area contributed by atoms with Crippen LogP contribution in [-0.2, 0) is 4.79 Å². The molecule has 0 heterocycles. The molecular weight excluding hydrogens is 138 g/mol. The van der Waals surface area contributed by atoms with Gasteiger partial charge in [0.15, 0.2) is 0 Å². The van der Waals surface area contributed by atoms with Gasteiger partial charge in [0, 0.05) is 6.54 Å². The summed E-state index contributed by atoms with van der Waals surface area (Å²) in [6, 6.07) is 0. The van der Waals surface area contributed by atoms with Crippen molar-refractivity contribution in [3.8, 4) is 0 Å². The van der Waals surface area contributed by atoms with Crippen LogP contribution in [0, 0.1) is 0 Å². The van der Waals surface area contributed by atoms with Crippen molar-refractivity contribution in [2.24, 2.45) is 0 Å². The van der Waals surface area contributed by atoms with Crippen LogP contribution in [0.3, 0.4) is 0 Å². The maximum absolute atomic E-state index is 9.82. The van der Waals surface area contributed by atoms with Gasteiger partial charge in [-0.1, -0.05) is 18.9 Å². The first-order chi connectivity index (χ1) is 5.41. The molecule has 0 aromatic rings. The van der Waals surface area contributed by atoms with Gasteiger partial charge < -0.3 is 5.32 Å². The zero-order valence-corrected chi connectivity index (χ0v) is 7.01. The van der Waals surface area contributed by atoms with Crippen LogP contribution in [0.1, 0.15) is 32.1 Å². The highest BCUT2D eigenvalue weighted by Crippen LogP contribution is 2.01. The Morgan fingerprint density at radius 3 is 2.55 bits per heavy atom. The van der Waals surface area contributed by atoms with Gasteiger partial charge in [-0.2, -0.15) is 0 Å². The molecule has 1 amide bonds. The van der Waals surface area contributed by atoms with Crippen molar-refractivity contribution in [2.75, 3.05) is 6.54 Å². The van der Waals surface area contributed by atoms with Crippen molar-refractivity contribution < 1.29 is 4.79 Å². The van der Waals surface area contributed by atoms with Gasteiger partial charge in [0.2, 0.25) is 6.41 Å². The summed E-state index contributed by atoms with van der Waals surface area (Å²) in [6.07, 6.45) is 8.58. The molecule has 0 aromatic heterocycles. The molecule has 11 heavy (non-hydrogen) atoms. The molecule has 0 saturated carbocycles. The number of hydrogen-bond donors (Lipinski definition) is 1. The zero-order valence-electron chi connectivity index (χ0n) is 7.01. The maximum atomic E-state index is 9.82. The lowest BCUT2D eigenvalue weighted by molar-refractivity contribution is -0.109. The SMILES string of the molecule is C=CCCCCCCNC=O. The minimum absolute atomic E-state index is 0.754. The minimum atomic E-state index is 0.754. The third-order valence-electron chi connectivity index (χ3n) is 1.56. The van der Waals surface area contributed by atoms with Crippen LogP contribution < -0.4 is 5.32 Å². The van der Waals surface area contributed by atoms with Gasteiger partial charge in [0.25, 0.3) is 0 Å². The largest absolute Gasteiger partial charge is 0.359 e. The first-order valence-electron chi connectivity index (χ1n) is 4.19. The molecule has 2 nitrogen and oxygen atoms in total. The van der Waals surface area contributed by atoms with Gasteiger partial charge in [-0.05, 0) is 19.3 Å². The lowest BCUT2D eigenvalue weighted by Gasteiger charge is -1.98. The molecule has 2 heteroatoms. The Balaban J connectivity index is 2.79. The van der Waals surface area contributed by atoms with Crippen LogP contribution in [0.25, 0.3) is 0 Å². The molecule has 0 rings (SSSR count). The highest BCUT2D eigenvalue weighted by atomic mass is 16.1. The van der Waals surface area contributed by atoms with Gasteiger partial charge in [0.1, 0.15) is 0 Å². The summed E-state index contributed by atoms with van der Waals surface area (Å²) in [7, 11) is 0. The molecule has 0 radical (unpaired) electrons. The second-order valence-corrected chi connectivity index (χ2v) is 2.56. The standard InChI is InChI=1S/C9H17NO/c1-2-3-4-5-6-7-8-10-9-11/h2,9H,1,3-8H2,(H,10,11). The van der Waals surface area contributed by atoms with Crippen LogP contribution in [0.4, 0.5) is 0 Å². The number of amides is 1. The first-order valence-corrected chi connectivity index (χ1v) is 4.19. The summed E-state index contributed by atoms with van der Waals surface area (Å²) in [6.45, 7) is 4.47. The molecule has 0 saturated heterocycles. The Labute approximate surface area is 68.7 Å². The minimum Gasteiger partial charge on any atom is -0.359 e. The smallest absolute Gasteiger partial charge is 0.207 e. The number of unbranched alkanes of at least 4 members (excludes halogenated alkanes) is 4. The number of carbonyl (C=O) groups is 1. The Morgan fingerprint density at radius 2 is 1.91 bits per heavy atom. The van der Waals surface area contributed by atoms with E-state index in [1.165, 1.54) is 19.3 Å². The van der Waals surface area contributed by atoms with E-state index in [4.69, 9.17) is 0 Å². The monoisotopic (exact) mass is 155 g/mol. The molecule has 0 unspecified atom stereocenters. The quantitative estimate of drug-likeness (QED) is 0.323. The summed E-state index contributed by atoms with van der Waals surface area (Å²) >= 11 is 0. The van der Waals surface area contributed by atoms with E-state index in [1.807, 2.05) is 6.08 Å². The second-order valence-electron chi connectivity index (χ2n) is 2.56. The average molecular weight is 155 g/mol. The fraction of sp³-hybridized carbons (Fsp3) is 0.667. The zero-order chi connectivity index (χ0) is 8.36. The van der Waals surface area contributed by atoms with Gasteiger partial charge in [-0.25, -0.2) is 0 Å². The average Bonchev–Trinajstić information content (AvgIpc) is 2.03. The Morgan fingerprint density at radius 1 is 1.18 bits per heavy atom. The molecule has 0 aromatic carbocycles. The van der Waals surface area contributed by atoms with E-state index in [-0.39, 0.29) is 0 Å². The summed E-state index contributed by atoms with van der Waals surface area (Å²) < 4.78 is 0. The lowest BCUT2D eigenvalue weighted by atomic mass is 10.1. The van der Waals surface area contributed by atoms with Crippen LogP contribution in [0.15, 0.2) is 12.7 Å². The van der Waals surface area contributed by atoms with E-state index in [1.54, 1.807) is 0 Å². The molecule has 0 spiro atoms. The molecule has 0 aliphatic heterocycles. The fourth-order valence-electron chi connectivity index (χ4n) is 0.928. The van der Waals surface area contributed by atoms with Gasteiger partial charge >= 0.3 is 0 Å². The van der Waals surface area contributed by atoms with E-state index in [0.29, 0.717) is 0 Å².